The van der Waals surface area contributed by atoms with Crippen molar-refractivity contribution in [1.82, 2.24) is 24.7 Å². The van der Waals surface area contributed by atoms with E-state index in [1.807, 2.05) is 6.07 Å². The van der Waals surface area contributed by atoms with E-state index >= 15 is 0 Å². The third kappa shape index (κ3) is 3.38. The molecule has 1 unspecified atom stereocenters. The molecule has 3 aliphatic rings. The minimum Gasteiger partial charge on any atom is -0.303 e. The third-order valence-corrected chi connectivity index (χ3v) is 7.42. The first-order valence-corrected chi connectivity index (χ1v) is 10.7. The quantitative estimate of drug-likeness (QED) is 0.821. The molecule has 0 bridgehead atoms. The molecule has 1 aliphatic heterocycles. The van der Waals surface area contributed by atoms with Gasteiger partial charge < -0.3 is 4.90 Å². The Morgan fingerprint density at radius 2 is 1.92 bits per heavy atom. The molecular formula is C21H31N5. The summed E-state index contributed by atoms with van der Waals surface area (Å²) in [5, 5.41) is 12.6. The van der Waals surface area contributed by atoms with Crippen LogP contribution in [0, 0.1) is 17.3 Å². The predicted molar refractivity (Wildman–Crippen MR) is 102 cm³/mol. The van der Waals surface area contributed by atoms with E-state index in [1.165, 1.54) is 83.1 Å². The summed E-state index contributed by atoms with van der Waals surface area (Å²) in [5.41, 5.74) is 2.69. The van der Waals surface area contributed by atoms with Gasteiger partial charge in [-0.1, -0.05) is 19.3 Å². The summed E-state index contributed by atoms with van der Waals surface area (Å²) in [6.07, 6.45) is 15.8. The van der Waals surface area contributed by atoms with Crippen LogP contribution in [-0.2, 0) is 6.42 Å². The van der Waals surface area contributed by atoms with Crippen molar-refractivity contribution in [2.75, 3.05) is 19.6 Å². The maximum absolute atomic E-state index is 4.63. The van der Waals surface area contributed by atoms with Gasteiger partial charge in [0.05, 0.1) is 5.69 Å². The van der Waals surface area contributed by atoms with Crippen molar-refractivity contribution in [2.45, 2.75) is 64.2 Å². The average molecular weight is 354 g/mol. The lowest BCUT2D eigenvalue weighted by molar-refractivity contribution is 0.130. The summed E-state index contributed by atoms with van der Waals surface area (Å²) in [4.78, 5) is 2.78. The van der Waals surface area contributed by atoms with Gasteiger partial charge in [0.2, 0.25) is 0 Å². The van der Waals surface area contributed by atoms with Crippen molar-refractivity contribution in [2.24, 2.45) is 17.3 Å². The number of hydrogen-bond acceptors (Lipinski definition) is 4. The van der Waals surface area contributed by atoms with Gasteiger partial charge in [-0.2, -0.15) is 5.10 Å². The summed E-state index contributed by atoms with van der Waals surface area (Å²) in [7, 11) is 0. The first-order valence-electron chi connectivity index (χ1n) is 10.7. The molecule has 5 nitrogen and oxygen atoms in total. The molecule has 26 heavy (non-hydrogen) atoms. The van der Waals surface area contributed by atoms with Crippen molar-refractivity contribution in [3.05, 3.63) is 24.2 Å². The Kier molecular flexibility index (Phi) is 4.43. The van der Waals surface area contributed by atoms with Gasteiger partial charge in [-0.25, -0.2) is 4.52 Å². The second-order valence-corrected chi connectivity index (χ2v) is 9.07. The number of nitrogens with zero attached hydrogens (tertiary/aromatic N) is 5. The normalized spacial score (nSPS) is 26.5. The topological polar surface area (TPSA) is 46.3 Å². The fraction of sp³-hybridized carbons (Fsp3) is 0.762. The van der Waals surface area contributed by atoms with Crippen molar-refractivity contribution in [1.29, 1.82) is 0 Å². The van der Waals surface area contributed by atoms with E-state index in [2.05, 4.69) is 26.3 Å². The van der Waals surface area contributed by atoms with Crippen LogP contribution < -0.4 is 0 Å². The molecule has 1 atom stereocenters. The van der Waals surface area contributed by atoms with Crippen molar-refractivity contribution < 1.29 is 0 Å². The van der Waals surface area contributed by atoms with Crippen LogP contribution >= 0.6 is 0 Å². The minimum absolute atomic E-state index is 0.684. The molecule has 2 saturated carbocycles. The summed E-state index contributed by atoms with van der Waals surface area (Å²) in [5.74, 6) is 1.92. The van der Waals surface area contributed by atoms with Gasteiger partial charge in [-0.05, 0) is 87.4 Å². The van der Waals surface area contributed by atoms with Crippen LogP contribution in [0.3, 0.4) is 0 Å². The fourth-order valence-corrected chi connectivity index (χ4v) is 5.59. The Morgan fingerprint density at radius 1 is 1.08 bits per heavy atom. The second-order valence-electron chi connectivity index (χ2n) is 9.07. The standard InChI is InChI=1S/C21H31N5/c1-2-4-17(5-3-1)15-25-12-10-21(11-13-25)14-18(21)6-7-19-8-9-20-23-22-16-26(20)24-19/h8-9,16-18H,1-7,10-15H2. The first kappa shape index (κ1) is 16.7. The lowest BCUT2D eigenvalue weighted by Crippen LogP contribution is -2.38. The van der Waals surface area contributed by atoms with Crippen LogP contribution in [0.2, 0.25) is 0 Å². The van der Waals surface area contributed by atoms with Gasteiger partial charge in [-0.15, -0.1) is 10.2 Å². The van der Waals surface area contributed by atoms with E-state index < -0.39 is 0 Å². The minimum atomic E-state index is 0.684. The van der Waals surface area contributed by atoms with Crippen LogP contribution in [0.5, 0.6) is 0 Å². The maximum atomic E-state index is 4.63. The highest BCUT2D eigenvalue weighted by molar-refractivity contribution is 5.34. The molecule has 2 aliphatic carbocycles. The number of hydrogen-bond donors (Lipinski definition) is 0. The van der Waals surface area contributed by atoms with E-state index in [0.717, 1.165) is 23.9 Å². The van der Waals surface area contributed by atoms with Crippen LogP contribution in [-0.4, -0.2) is 44.3 Å². The number of piperidine rings is 1. The molecular weight excluding hydrogens is 322 g/mol. The Bertz CT molecular complexity index is 740. The van der Waals surface area contributed by atoms with E-state index in [0.29, 0.717) is 5.41 Å². The number of fused-ring (bicyclic) bond motifs is 1. The Balaban J connectivity index is 1.09. The zero-order valence-corrected chi connectivity index (χ0v) is 15.8. The highest BCUT2D eigenvalue weighted by atomic mass is 15.3. The van der Waals surface area contributed by atoms with Crippen LogP contribution in [0.15, 0.2) is 18.5 Å². The van der Waals surface area contributed by atoms with Crippen molar-refractivity contribution in [3.63, 3.8) is 0 Å². The molecule has 0 radical (unpaired) electrons. The van der Waals surface area contributed by atoms with Crippen molar-refractivity contribution in [3.8, 4) is 0 Å². The number of rotatable bonds is 5. The Labute approximate surface area is 156 Å². The SMILES string of the molecule is c1cc2nncn2nc1CCC1CC12CCN(CC1CCCCC1)CC2. The van der Waals surface area contributed by atoms with Crippen LogP contribution in [0.1, 0.15) is 63.5 Å². The molecule has 1 spiro atoms. The first-order chi connectivity index (χ1) is 12.8. The monoisotopic (exact) mass is 353 g/mol. The molecule has 1 saturated heterocycles. The van der Waals surface area contributed by atoms with Crippen LogP contribution in [0.4, 0.5) is 0 Å². The summed E-state index contributed by atoms with van der Waals surface area (Å²) in [6.45, 7) is 4.07. The van der Waals surface area contributed by atoms with E-state index in [4.69, 9.17) is 0 Å². The van der Waals surface area contributed by atoms with E-state index in [9.17, 15) is 0 Å². The molecule has 3 heterocycles. The lowest BCUT2D eigenvalue weighted by atomic mass is 9.86. The number of likely N-dealkylation sites (tertiary alicyclic amines) is 1. The van der Waals surface area contributed by atoms with Gasteiger partial charge in [0.15, 0.2) is 5.65 Å². The van der Waals surface area contributed by atoms with Gasteiger partial charge >= 0.3 is 0 Å². The smallest absolute Gasteiger partial charge is 0.177 e. The molecule has 0 amide bonds. The van der Waals surface area contributed by atoms with Gasteiger partial charge in [0, 0.05) is 6.54 Å². The molecule has 0 aromatic carbocycles. The third-order valence-electron chi connectivity index (χ3n) is 7.42. The number of aryl methyl sites for hydroxylation is 1. The molecule has 3 fully saturated rings. The van der Waals surface area contributed by atoms with Gasteiger partial charge in [0.25, 0.3) is 0 Å². The molecule has 5 heteroatoms. The lowest BCUT2D eigenvalue weighted by Gasteiger charge is -2.36. The molecule has 2 aromatic rings. The van der Waals surface area contributed by atoms with E-state index in [-0.39, 0.29) is 0 Å². The molecule has 5 rings (SSSR count). The summed E-state index contributed by atoms with van der Waals surface area (Å²) >= 11 is 0. The maximum Gasteiger partial charge on any atom is 0.177 e. The van der Waals surface area contributed by atoms with Gasteiger partial charge in [-0.3, -0.25) is 0 Å². The van der Waals surface area contributed by atoms with E-state index in [1.54, 1.807) is 10.8 Å². The predicted octanol–water partition coefficient (Wildman–Crippen LogP) is 3.74. The fourth-order valence-electron chi connectivity index (χ4n) is 5.59. The molecule has 0 N–H and O–H groups in total. The average Bonchev–Trinajstić information content (AvgIpc) is 3.13. The van der Waals surface area contributed by atoms with Crippen LogP contribution in [0.25, 0.3) is 5.65 Å². The Hall–Kier alpha value is -1.49. The molecule has 2 aromatic heterocycles. The van der Waals surface area contributed by atoms with Gasteiger partial charge in [0.1, 0.15) is 6.33 Å². The van der Waals surface area contributed by atoms with Crippen molar-refractivity contribution >= 4 is 5.65 Å². The largest absolute Gasteiger partial charge is 0.303 e. The Morgan fingerprint density at radius 3 is 2.77 bits per heavy atom. The highest BCUT2D eigenvalue weighted by Crippen LogP contribution is 2.61. The zero-order valence-electron chi connectivity index (χ0n) is 15.8. The molecule has 140 valence electrons. The summed E-state index contributed by atoms with van der Waals surface area (Å²) < 4.78 is 1.79. The zero-order chi connectivity index (χ0) is 17.4. The summed E-state index contributed by atoms with van der Waals surface area (Å²) in [6, 6.07) is 4.15. The highest BCUT2D eigenvalue weighted by Gasteiger charge is 2.53. The number of aromatic nitrogens is 4. The second kappa shape index (κ2) is 6.91.